The Kier molecular flexibility index (Phi) is 9.28. The Morgan fingerprint density at radius 2 is 0.864 bits per heavy atom. The molecule has 0 unspecified atom stereocenters. The number of hydrogen-bond acceptors (Lipinski definition) is 4. The summed E-state index contributed by atoms with van der Waals surface area (Å²) < 4.78 is 23.4. The van der Waals surface area contributed by atoms with E-state index in [1.54, 1.807) is 0 Å². The molecule has 1 aromatic carbocycles. The molecule has 22 heavy (non-hydrogen) atoms. The fourth-order valence-electron chi connectivity index (χ4n) is 1.86. The summed E-state index contributed by atoms with van der Waals surface area (Å²) in [5.74, 6) is 2.78. The molecule has 0 aliphatic carbocycles. The molecule has 1 aromatic rings. The van der Waals surface area contributed by atoms with Gasteiger partial charge in [0.05, 0.1) is 26.4 Å². The molecule has 126 valence electrons. The number of hydrogen-bond donors (Lipinski definition) is 0. The third-order valence-electron chi connectivity index (χ3n) is 2.86. The number of rotatable bonds is 12. The lowest BCUT2D eigenvalue weighted by Crippen LogP contribution is -2.07. The summed E-state index contributed by atoms with van der Waals surface area (Å²) in [4.78, 5) is 0. The van der Waals surface area contributed by atoms with Crippen molar-refractivity contribution in [2.75, 3.05) is 26.4 Å². The lowest BCUT2D eigenvalue weighted by molar-refractivity contribution is 0.227. The average Bonchev–Trinajstić information content (AvgIpc) is 2.55. The second kappa shape index (κ2) is 11.0. The van der Waals surface area contributed by atoms with Crippen LogP contribution >= 0.6 is 0 Å². The molecule has 0 bridgehead atoms. The molecule has 4 heteroatoms. The van der Waals surface area contributed by atoms with Crippen molar-refractivity contribution in [3.05, 3.63) is 12.1 Å². The summed E-state index contributed by atoms with van der Waals surface area (Å²) in [6.07, 6.45) is 3.76. The fourth-order valence-corrected chi connectivity index (χ4v) is 1.86. The molecule has 0 N–H and O–H groups in total. The summed E-state index contributed by atoms with van der Waals surface area (Å²) in [5.41, 5.74) is 0. The van der Waals surface area contributed by atoms with Gasteiger partial charge in [-0.15, -0.1) is 0 Å². The first kappa shape index (κ1) is 18.5. The Bertz CT molecular complexity index is 379. The van der Waals surface area contributed by atoms with Gasteiger partial charge in [-0.1, -0.05) is 27.7 Å². The van der Waals surface area contributed by atoms with Gasteiger partial charge in [0.15, 0.2) is 11.5 Å². The van der Waals surface area contributed by atoms with E-state index in [2.05, 4.69) is 27.7 Å². The van der Waals surface area contributed by atoms with E-state index in [0.717, 1.165) is 37.2 Å². The van der Waals surface area contributed by atoms with Crippen LogP contribution < -0.4 is 18.9 Å². The van der Waals surface area contributed by atoms with Crippen LogP contribution in [0.15, 0.2) is 12.1 Å². The molecule has 0 atom stereocenters. The molecular weight excluding hydrogens is 280 g/mol. The smallest absolute Gasteiger partial charge is 0.207 e. The molecule has 0 radical (unpaired) electrons. The van der Waals surface area contributed by atoms with E-state index in [-0.39, 0.29) is 0 Å². The number of benzene rings is 1. The maximum Gasteiger partial charge on any atom is 0.207 e. The van der Waals surface area contributed by atoms with Crippen LogP contribution in [0.3, 0.4) is 0 Å². The third-order valence-corrected chi connectivity index (χ3v) is 2.86. The van der Waals surface area contributed by atoms with Crippen LogP contribution in [0.2, 0.25) is 0 Å². The van der Waals surface area contributed by atoms with Crippen molar-refractivity contribution < 1.29 is 18.9 Å². The molecule has 0 fully saturated rings. The van der Waals surface area contributed by atoms with E-state index in [9.17, 15) is 0 Å². The quantitative estimate of drug-likeness (QED) is 0.553. The molecule has 0 heterocycles. The van der Waals surface area contributed by atoms with Crippen molar-refractivity contribution >= 4 is 0 Å². The second-order valence-corrected chi connectivity index (χ2v) is 5.11. The van der Waals surface area contributed by atoms with Crippen LogP contribution in [0, 0.1) is 0 Å². The highest BCUT2D eigenvalue weighted by atomic mass is 16.6. The van der Waals surface area contributed by atoms with E-state index in [4.69, 9.17) is 18.9 Å². The minimum absolute atomic E-state index is 0.627. The molecule has 0 aromatic heterocycles. The lowest BCUT2D eigenvalue weighted by Gasteiger charge is -2.19. The van der Waals surface area contributed by atoms with Gasteiger partial charge in [0, 0.05) is 0 Å². The highest BCUT2D eigenvalue weighted by Gasteiger charge is 2.19. The van der Waals surface area contributed by atoms with E-state index in [1.807, 2.05) is 12.1 Å². The zero-order valence-corrected chi connectivity index (χ0v) is 14.4. The largest absolute Gasteiger partial charge is 0.490 e. The predicted molar refractivity (Wildman–Crippen MR) is 89.6 cm³/mol. The predicted octanol–water partition coefficient (Wildman–Crippen LogP) is 4.84. The van der Waals surface area contributed by atoms with Gasteiger partial charge < -0.3 is 18.9 Å². The standard InChI is InChI=1S/C18H30O4/c1-5-11-19-15-9-10-16(20-12-6-2)18(22-14-8-4)17(15)21-13-7-3/h9-10H,5-8,11-14H2,1-4H3. The highest BCUT2D eigenvalue weighted by Crippen LogP contribution is 2.45. The molecular formula is C18H30O4. The van der Waals surface area contributed by atoms with Crippen molar-refractivity contribution in [2.45, 2.75) is 53.4 Å². The Labute approximate surface area is 134 Å². The maximum absolute atomic E-state index is 5.90. The first-order valence-electron chi connectivity index (χ1n) is 8.46. The monoisotopic (exact) mass is 310 g/mol. The zero-order chi connectivity index (χ0) is 16.2. The minimum Gasteiger partial charge on any atom is -0.490 e. The Hall–Kier alpha value is -1.58. The fraction of sp³-hybridized carbons (Fsp3) is 0.667. The molecule has 0 aliphatic rings. The zero-order valence-electron chi connectivity index (χ0n) is 14.4. The van der Waals surface area contributed by atoms with Gasteiger partial charge in [0.2, 0.25) is 11.5 Å². The van der Waals surface area contributed by atoms with Crippen molar-refractivity contribution in [1.82, 2.24) is 0 Å². The molecule has 0 amide bonds. The van der Waals surface area contributed by atoms with Gasteiger partial charge in [-0.3, -0.25) is 0 Å². The summed E-state index contributed by atoms with van der Waals surface area (Å²) >= 11 is 0. The van der Waals surface area contributed by atoms with Crippen molar-refractivity contribution in [2.24, 2.45) is 0 Å². The first-order valence-corrected chi connectivity index (χ1v) is 8.46. The van der Waals surface area contributed by atoms with Gasteiger partial charge in [0.1, 0.15) is 0 Å². The van der Waals surface area contributed by atoms with Crippen molar-refractivity contribution in [1.29, 1.82) is 0 Å². The van der Waals surface area contributed by atoms with E-state index >= 15 is 0 Å². The van der Waals surface area contributed by atoms with E-state index in [1.165, 1.54) is 0 Å². The normalized spacial score (nSPS) is 10.4. The van der Waals surface area contributed by atoms with Crippen LogP contribution in [-0.4, -0.2) is 26.4 Å². The summed E-state index contributed by atoms with van der Waals surface area (Å²) in [7, 11) is 0. The summed E-state index contributed by atoms with van der Waals surface area (Å²) in [5, 5.41) is 0. The van der Waals surface area contributed by atoms with E-state index < -0.39 is 0 Å². The highest BCUT2D eigenvalue weighted by molar-refractivity contribution is 5.59. The molecule has 0 spiro atoms. The third kappa shape index (κ3) is 5.66. The molecule has 0 saturated heterocycles. The van der Waals surface area contributed by atoms with Crippen LogP contribution in [0.4, 0.5) is 0 Å². The van der Waals surface area contributed by atoms with Crippen molar-refractivity contribution in [3.63, 3.8) is 0 Å². The van der Waals surface area contributed by atoms with Gasteiger partial charge in [0.25, 0.3) is 0 Å². The van der Waals surface area contributed by atoms with Crippen LogP contribution in [-0.2, 0) is 0 Å². The van der Waals surface area contributed by atoms with Crippen LogP contribution in [0.25, 0.3) is 0 Å². The molecule has 0 aliphatic heterocycles. The van der Waals surface area contributed by atoms with Crippen LogP contribution in [0.5, 0.6) is 23.0 Å². The first-order chi connectivity index (χ1) is 10.8. The maximum atomic E-state index is 5.90. The van der Waals surface area contributed by atoms with Gasteiger partial charge in [-0.25, -0.2) is 0 Å². The average molecular weight is 310 g/mol. The lowest BCUT2D eigenvalue weighted by atomic mass is 10.2. The SMILES string of the molecule is CCCOc1ccc(OCCC)c(OCCC)c1OCCC. The Morgan fingerprint density at radius 3 is 1.18 bits per heavy atom. The topological polar surface area (TPSA) is 36.9 Å². The second-order valence-electron chi connectivity index (χ2n) is 5.11. The van der Waals surface area contributed by atoms with Crippen LogP contribution in [0.1, 0.15) is 53.4 Å². The van der Waals surface area contributed by atoms with Gasteiger partial charge in [-0.05, 0) is 37.8 Å². The number of ether oxygens (including phenoxy) is 4. The molecule has 0 saturated carbocycles. The van der Waals surface area contributed by atoms with Crippen molar-refractivity contribution in [3.8, 4) is 23.0 Å². The van der Waals surface area contributed by atoms with Gasteiger partial charge in [-0.2, -0.15) is 0 Å². The minimum atomic E-state index is 0.627. The van der Waals surface area contributed by atoms with E-state index in [0.29, 0.717) is 37.9 Å². The van der Waals surface area contributed by atoms with Gasteiger partial charge >= 0.3 is 0 Å². The Morgan fingerprint density at radius 1 is 0.545 bits per heavy atom. The molecule has 1 rings (SSSR count). The summed E-state index contributed by atoms with van der Waals surface area (Å²) in [6.45, 7) is 10.9. The molecule has 4 nitrogen and oxygen atoms in total. The summed E-state index contributed by atoms with van der Waals surface area (Å²) in [6, 6.07) is 3.81. The Balaban J connectivity index is 3.11.